The Morgan fingerprint density at radius 2 is 1.95 bits per heavy atom. The Bertz CT molecular complexity index is 1280. The van der Waals surface area contributed by atoms with Crippen LogP contribution in [0.15, 0.2) is 29.3 Å². The van der Waals surface area contributed by atoms with E-state index in [9.17, 15) is 9.59 Å². The molecule has 1 atom stereocenters. The maximum atomic E-state index is 13.0. The van der Waals surface area contributed by atoms with Crippen molar-refractivity contribution in [2.75, 3.05) is 18.4 Å². The first-order chi connectivity index (χ1) is 19.1. The zero-order valence-corrected chi connectivity index (χ0v) is 27.0. The Kier molecular flexibility index (Phi) is 9.48. The third kappa shape index (κ3) is 8.07. The fourth-order valence-corrected chi connectivity index (χ4v) is 6.68. The summed E-state index contributed by atoms with van der Waals surface area (Å²) in [6.45, 7) is 15.7. The second-order valence-corrected chi connectivity index (χ2v) is 14.7. The molecule has 8 nitrogen and oxygen atoms in total. The van der Waals surface area contributed by atoms with Crippen molar-refractivity contribution in [1.29, 1.82) is 0 Å². The molecule has 224 valence electrons. The van der Waals surface area contributed by atoms with Crippen LogP contribution in [0.1, 0.15) is 102 Å². The lowest BCUT2D eigenvalue weighted by atomic mass is 9.76. The van der Waals surface area contributed by atoms with Crippen molar-refractivity contribution in [1.82, 2.24) is 19.6 Å². The number of rotatable bonds is 8. The van der Waals surface area contributed by atoms with Gasteiger partial charge in [-0.2, -0.15) is 0 Å². The number of fused-ring (bicyclic) bond motifs is 1. The molecule has 2 amide bonds. The summed E-state index contributed by atoms with van der Waals surface area (Å²) in [6, 6.07) is 7.58. The van der Waals surface area contributed by atoms with Gasteiger partial charge in [0.1, 0.15) is 21.6 Å². The van der Waals surface area contributed by atoms with Crippen LogP contribution in [0.5, 0.6) is 0 Å². The number of hydrogen-bond acceptors (Lipinski definition) is 7. The van der Waals surface area contributed by atoms with Gasteiger partial charge in [-0.25, -0.2) is 14.8 Å². The van der Waals surface area contributed by atoms with Crippen LogP contribution in [0.2, 0.25) is 5.15 Å². The lowest BCUT2D eigenvalue weighted by Crippen LogP contribution is -2.45. The molecule has 2 aromatic heterocycles. The van der Waals surface area contributed by atoms with E-state index in [2.05, 4.69) is 47.7 Å². The molecule has 1 aliphatic heterocycles. The summed E-state index contributed by atoms with van der Waals surface area (Å²) in [4.78, 5) is 36.8. The Hall–Kier alpha value is -2.52. The highest BCUT2D eigenvalue weighted by atomic mass is 35.5. The number of likely N-dealkylation sites (tertiary alicyclic amines) is 1. The molecule has 0 spiro atoms. The monoisotopic (exact) mass is 601 g/mol. The molecule has 0 saturated carbocycles. The van der Waals surface area contributed by atoms with Crippen LogP contribution in [0.25, 0.3) is 0 Å². The van der Waals surface area contributed by atoms with E-state index in [-0.39, 0.29) is 28.1 Å². The van der Waals surface area contributed by atoms with Gasteiger partial charge in [-0.1, -0.05) is 31.5 Å². The zero-order chi connectivity index (χ0) is 30.0. The number of aryl methyl sites for hydroxylation is 1. The normalized spacial score (nSPS) is 19.4. The molecule has 1 unspecified atom stereocenters. The average molecular weight is 602 g/mol. The summed E-state index contributed by atoms with van der Waals surface area (Å²) < 4.78 is 8.49. The van der Waals surface area contributed by atoms with Crippen LogP contribution >= 0.6 is 23.5 Å². The molecule has 3 heterocycles. The van der Waals surface area contributed by atoms with Gasteiger partial charge in [-0.3, -0.25) is 9.52 Å². The van der Waals surface area contributed by atoms with Crippen LogP contribution in [-0.4, -0.2) is 51.1 Å². The number of amides is 2. The third-order valence-electron chi connectivity index (χ3n) is 7.83. The molecule has 1 saturated heterocycles. The van der Waals surface area contributed by atoms with E-state index >= 15 is 0 Å². The number of hydrogen-bond donors (Lipinski definition) is 2. The van der Waals surface area contributed by atoms with Crippen LogP contribution in [-0.2, 0) is 16.6 Å². The highest BCUT2D eigenvalue weighted by Crippen LogP contribution is 2.38. The second kappa shape index (κ2) is 12.4. The summed E-state index contributed by atoms with van der Waals surface area (Å²) >= 11 is 7.60. The van der Waals surface area contributed by atoms with E-state index in [4.69, 9.17) is 16.3 Å². The second-order valence-electron chi connectivity index (χ2n) is 13.5. The summed E-state index contributed by atoms with van der Waals surface area (Å²) in [5.74, 6) is 0.904. The summed E-state index contributed by atoms with van der Waals surface area (Å²) in [5.41, 5.74) is 1.74. The fraction of sp³-hybridized carbons (Fsp3) is 0.613. The van der Waals surface area contributed by atoms with Gasteiger partial charge in [0.15, 0.2) is 0 Å². The Morgan fingerprint density at radius 1 is 1.20 bits per heavy atom. The number of nitrogens with zero attached hydrogens (tertiary/aromatic N) is 3. The minimum Gasteiger partial charge on any atom is -0.444 e. The van der Waals surface area contributed by atoms with Gasteiger partial charge in [-0.05, 0) is 103 Å². The zero-order valence-electron chi connectivity index (χ0n) is 25.4. The number of carbonyl (C=O) groups excluding carboxylic acids is 2. The molecular weight excluding hydrogens is 558 g/mol. The van der Waals surface area contributed by atoms with Crippen molar-refractivity contribution in [3.8, 4) is 0 Å². The minimum absolute atomic E-state index is 0.0353. The van der Waals surface area contributed by atoms with E-state index in [1.165, 1.54) is 0 Å². The maximum Gasteiger partial charge on any atom is 0.410 e. The number of aromatic nitrogens is 2. The number of carbonyl (C=O) groups is 2. The van der Waals surface area contributed by atoms with Crippen molar-refractivity contribution in [3.63, 3.8) is 0 Å². The largest absolute Gasteiger partial charge is 0.444 e. The SMILES string of the molecule is CC(C)(C)OC(=O)N1CC(CCCNc2cccc(SNC(=O)c3cc4c(nc3Cl)C(C)(C)CCC4)n2)CC1(C)C. The van der Waals surface area contributed by atoms with Gasteiger partial charge in [0.2, 0.25) is 0 Å². The van der Waals surface area contributed by atoms with Crippen molar-refractivity contribution >= 4 is 41.4 Å². The molecular formula is C31H44ClN5O3S. The molecule has 0 aromatic carbocycles. The molecule has 10 heteroatoms. The molecule has 0 radical (unpaired) electrons. The third-order valence-corrected chi connectivity index (χ3v) is 8.84. The molecule has 2 aliphatic rings. The maximum absolute atomic E-state index is 13.0. The van der Waals surface area contributed by atoms with Crippen molar-refractivity contribution in [2.24, 2.45) is 5.92 Å². The van der Waals surface area contributed by atoms with E-state index in [1.807, 2.05) is 49.9 Å². The lowest BCUT2D eigenvalue weighted by Gasteiger charge is -2.33. The summed E-state index contributed by atoms with van der Waals surface area (Å²) in [7, 11) is 0. The molecule has 0 bridgehead atoms. The first-order valence-electron chi connectivity index (χ1n) is 14.5. The standard InChI is InChI=1S/C31H44ClN5O3S/c1-29(2,3)40-28(39)37-19-20(18-31(37,6)7)11-10-16-33-23-13-8-14-24(34-23)41-36-27(38)22-17-21-12-9-15-30(4,5)25(21)35-26(22)32/h8,13-14,17,20H,9-12,15-16,18-19H2,1-7H3,(H,33,34)(H,36,38). The number of halogens is 1. The highest BCUT2D eigenvalue weighted by Gasteiger charge is 2.42. The quantitative estimate of drug-likeness (QED) is 0.185. The molecule has 1 aliphatic carbocycles. The molecule has 2 N–H and O–H groups in total. The number of nitrogens with one attached hydrogen (secondary N) is 2. The van der Waals surface area contributed by atoms with Gasteiger partial charge in [0.05, 0.1) is 11.3 Å². The van der Waals surface area contributed by atoms with Crippen LogP contribution < -0.4 is 10.0 Å². The van der Waals surface area contributed by atoms with Crippen molar-refractivity contribution in [2.45, 2.75) is 109 Å². The first kappa shape index (κ1) is 31.4. The van der Waals surface area contributed by atoms with Crippen molar-refractivity contribution < 1.29 is 14.3 Å². The van der Waals surface area contributed by atoms with Gasteiger partial charge in [0, 0.05) is 36.0 Å². The minimum atomic E-state index is -0.499. The predicted molar refractivity (Wildman–Crippen MR) is 166 cm³/mol. The van der Waals surface area contributed by atoms with E-state index in [1.54, 1.807) is 0 Å². The molecule has 41 heavy (non-hydrogen) atoms. The Labute approximate surface area is 253 Å². The van der Waals surface area contributed by atoms with Gasteiger partial charge in [0.25, 0.3) is 5.91 Å². The fourth-order valence-electron chi connectivity index (χ4n) is 5.86. The van der Waals surface area contributed by atoms with E-state index < -0.39 is 5.60 Å². The van der Waals surface area contributed by atoms with E-state index in [0.717, 1.165) is 74.1 Å². The lowest BCUT2D eigenvalue weighted by molar-refractivity contribution is 0.0130. The van der Waals surface area contributed by atoms with Gasteiger partial charge < -0.3 is 15.0 Å². The topological polar surface area (TPSA) is 96.5 Å². The summed E-state index contributed by atoms with van der Waals surface area (Å²) in [5, 5.41) is 4.31. The summed E-state index contributed by atoms with van der Waals surface area (Å²) in [6.07, 6.45) is 5.73. The molecule has 2 aromatic rings. The average Bonchev–Trinajstić information content (AvgIpc) is 3.18. The smallest absolute Gasteiger partial charge is 0.410 e. The van der Waals surface area contributed by atoms with Crippen LogP contribution in [0.4, 0.5) is 10.6 Å². The van der Waals surface area contributed by atoms with Crippen LogP contribution in [0, 0.1) is 5.92 Å². The molecule has 1 fully saturated rings. The van der Waals surface area contributed by atoms with Crippen LogP contribution in [0.3, 0.4) is 0 Å². The number of ether oxygens (including phenoxy) is 1. The molecule has 4 rings (SSSR count). The number of pyridine rings is 2. The van der Waals surface area contributed by atoms with Gasteiger partial charge >= 0.3 is 6.09 Å². The van der Waals surface area contributed by atoms with Gasteiger partial charge in [-0.15, -0.1) is 0 Å². The highest BCUT2D eigenvalue weighted by molar-refractivity contribution is 7.97. The predicted octanol–water partition coefficient (Wildman–Crippen LogP) is 7.41. The Morgan fingerprint density at radius 3 is 2.68 bits per heavy atom. The first-order valence-corrected chi connectivity index (χ1v) is 15.7. The van der Waals surface area contributed by atoms with Crippen molar-refractivity contribution in [3.05, 3.63) is 46.2 Å². The Balaban J connectivity index is 1.25. The van der Waals surface area contributed by atoms with E-state index in [0.29, 0.717) is 23.1 Å². The number of anilines is 1.